The first-order chi connectivity index (χ1) is 7.74. The summed E-state index contributed by atoms with van der Waals surface area (Å²) in [6.45, 7) is 3.28. The van der Waals surface area contributed by atoms with Crippen LogP contribution in [0.2, 0.25) is 5.02 Å². The van der Waals surface area contributed by atoms with Gasteiger partial charge in [-0.25, -0.2) is 0 Å². The van der Waals surface area contributed by atoms with Crippen LogP contribution in [-0.2, 0) is 16.0 Å². The summed E-state index contributed by atoms with van der Waals surface area (Å²) in [5.74, 6) is 0.171. The molecule has 0 saturated heterocycles. The Balaban J connectivity index is 2.32. The largest absolute Gasteiger partial charge is 0.381 e. The molecule has 2 nitrogen and oxygen atoms in total. The van der Waals surface area contributed by atoms with E-state index in [9.17, 15) is 4.79 Å². The number of carbonyl (C=O) groups is 1. The molecule has 3 heteroatoms. The highest BCUT2D eigenvalue weighted by molar-refractivity contribution is 6.31. The Kier molecular flexibility index (Phi) is 6.12. The minimum atomic E-state index is 0.171. The van der Waals surface area contributed by atoms with Gasteiger partial charge in [-0.05, 0) is 18.1 Å². The van der Waals surface area contributed by atoms with Crippen LogP contribution >= 0.6 is 11.6 Å². The maximum atomic E-state index is 11.6. The lowest BCUT2D eigenvalue weighted by atomic mass is 10.1. The third-order valence-electron chi connectivity index (χ3n) is 2.22. The van der Waals surface area contributed by atoms with E-state index in [0.29, 0.717) is 24.5 Å². The van der Waals surface area contributed by atoms with Gasteiger partial charge in [0.15, 0.2) is 0 Å². The van der Waals surface area contributed by atoms with Crippen LogP contribution in [0.3, 0.4) is 0 Å². The lowest BCUT2D eigenvalue weighted by molar-refractivity contribution is -0.119. The molecule has 88 valence electrons. The number of ether oxygens (including phenoxy) is 1. The Morgan fingerprint density at radius 2 is 2.06 bits per heavy atom. The van der Waals surface area contributed by atoms with Crippen LogP contribution in [0.5, 0.6) is 0 Å². The number of carbonyl (C=O) groups excluding carboxylic acids is 1. The molecule has 0 amide bonds. The topological polar surface area (TPSA) is 26.3 Å². The van der Waals surface area contributed by atoms with Crippen molar-refractivity contribution >= 4 is 17.4 Å². The Morgan fingerprint density at radius 1 is 1.31 bits per heavy atom. The summed E-state index contributed by atoms with van der Waals surface area (Å²) in [6, 6.07) is 7.44. The first-order valence-electron chi connectivity index (χ1n) is 5.57. The zero-order valence-electron chi connectivity index (χ0n) is 9.54. The average molecular weight is 241 g/mol. The molecule has 0 unspecified atom stereocenters. The van der Waals surface area contributed by atoms with Crippen molar-refractivity contribution < 1.29 is 9.53 Å². The van der Waals surface area contributed by atoms with Crippen molar-refractivity contribution in [3.8, 4) is 0 Å². The molecule has 0 bridgehead atoms. The van der Waals surface area contributed by atoms with E-state index in [2.05, 4.69) is 0 Å². The summed E-state index contributed by atoms with van der Waals surface area (Å²) in [5, 5.41) is 0.658. The van der Waals surface area contributed by atoms with E-state index < -0.39 is 0 Å². The van der Waals surface area contributed by atoms with Crippen molar-refractivity contribution in [1.29, 1.82) is 0 Å². The van der Waals surface area contributed by atoms with Gasteiger partial charge in [-0.15, -0.1) is 0 Å². The fourth-order valence-electron chi connectivity index (χ4n) is 1.37. The molecule has 0 spiro atoms. The Labute approximate surface area is 102 Å². The summed E-state index contributed by atoms with van der Waals surface area (Å²) >= 11 is 5.97. The SMILES string of the molecule is CCCOCCC(=O)Cc1ccccc1Cl. The van der Waals surface area contributed by atoms with Gasteiger partial charge >= 0.3 is 0 Å². The Bertz CT molecular complexity index is 336. The van der Waals surface area contributed by atoms with Crippen LogP contribution in [-0.4, -0.2) is 19.0 Å². The lowest BCUT2D eigenvalue weighted by Crippen LogP contribution is -2.07. The van der Waals surface area contributed by atoms with Crippen molar-refractivity contribution in [3.63, 3.8) is 0 Å². The zero-order chi connectivity index (χ0) is 11.8. The highest BCUT2D eigenvalue weighted by Crippen LogP contribution is 2.15. The molecule has 0 heterocycles. The Hall–Kier alpha value is -0.860. The van der Waals surface area contributed by atoms with Gasteiger partial charge in [-0.3, -0.25) is 4.79 Å². The van der Waals surface area contributed by atoms with E-state index >= 15 is 0 Å². The van der Waals surface area contributed by atoms with E-state index in [1.165, 1.54) is 0 Å². The van der Waals surface area contributed by atoms with Crippen LogP contribution < -0.4 is 0 Å². The molecule has 0 saturated carbocycles. The normalized spacial score (nSPS) is 10.4. The molecule has 0 N–H and O–H groups in total. The first kappa shape index (κ1) is 13.2. The molecule has 0 aromatic heterocycles. The van der Waals surface area contributed by atoms with Gasteiger partial charge in [0.05, 0.1) is 6.61 Å². The predicted molar refractivity (Wildman–Crippen MR) is 65.9 cm³/mol. The molecule has 1 aromatic carbocycles. The minimum absolute atomic E-state index is 0.171. The van der Waals surface area contributed by atoms with E-state index in [0.717, 1.165) is 18.6 Å². The summed E-state index contributed by atoms with van der Waals surface area (Å²) in [6.07, 6.45) is 1.85. The molecule has 0 aliphatic heterocycles. The number of hydrogen-bond donors (Lipinski definition) is 0. The smallest absolute Gasteiger partial charge is 0.139 e. The second-order valence-corrected chi connectivity index (χ2v) is 4.08. The first-order valence-corrected chi connectivity index (χ1v) is 5.94. The van der Waals surface area contributed by atoms with Gasteiger partial charge in [0.25, 0.3) is 0 Å². The number of rotatable bonds is 7. The number of ketones is 1. The zero-order valence-corrected chi connectivity index (χ0v) is 10.3. The average Bonchev–Trinajstić information content (AvgIpc) is 2.28. The number of hydrogen-bond acceptors (Lipinski definition) is 2. The summed E-state index contributed by atoms with van der Waals surface area (Å²) in [4.78, 5) is 11.6. The van der Waals surface area contributed by atoms with Crippen LogP contribution in [0.4, 0.5) is 0 Å². The van der Waals surface area contributed by atoms with Crippen LogP contribution in [0.1, 0.15) is 25.3 Å². The predicted octanol–water partition coefficient (Wildman–Crippen LogP) is 3.27. The molecule has 0 atom stereocenters. The van der Waals surface area contributed by atoms with Gasteiger partial charge in [-0.1, -0.05) is 36.7 Å². The second kappa shape index (κ2) is 7.42. The third-order valence-corrected chi connectivity index (χ3v) is 2.59. The maximum Gasteiger partial charge on any atom is 0.139 e. The molecule has 1 rings (SSSR count). The van der Waals surface area contributed by atoms with Crippen LogP contribution in [0.15, 0.2) is 24.3 Å². The maximum absolute atomic E-state index is 11.6. The van der Waals surface area contributed by atoms with E-state index in [1.807, 2.05) is 25.1 Å². The highest BCUT2D eigenvalue weighted by Gasteiger charge is 2.06. The molecular formula is C13H17ClO2. The molecule has 16 heavy (non-hydrogen) atoms. The van der Waals surface area contributed by atoms with Gasteiger partial charge in [0, 0.05) is 24.5 Å². The van der Waals surface area contributed by atoms with Gasteiger partial charge in [0.1, 0.15) is 5.78 Å². The number of halogens is 1. The van der Waals surface area contributed by atoms with Crippen molar-refractivity contribution in [2.24, 2.45) is 0 Å². The molecule has 0 fully saturated rings. The van der Waals surface area contributed by atoms with Gasteiger partial charge in [0.2, 0.25) is 0 Å². The fourth-order valence-corrected chi connectivity index (χ4v) is 1.58. The van der Waals surface area contributed by atoms with E-state index in [1.54, 1.807) is 6.07 Å². The second-order valence-electron chi connectivity index (χ2n) is 3.67. The standard InChI is InChI=1S/C13H17ClO2/c1-2-8-16-9-7-12(15)10-11-5-3-4-6-13(11)14/h3-6H,2,7-10H2,1H3. The molecular weight excluding hydrogens is 224 g/mol. The molecule has 1 aromatic rings. The van der Waals surface area contributed by atoms with Crippen molar-refractivity contribution in [3.05, 3.63) is 34.9 Å². The molecule has 0 aliphatic carbocycles. The quantitative estimate of drug-likeness (QED) is 0.684. The monoisotopic (exact) mass is 240 g/mol. The summed E-state index contributed by atoms with van der Waals surface area (Å²) < 4.78 is 5.27. The molecule has 0 aliphatic rings. The van der Waals surface area contributed by atoms with Crippen LogP contribution in [0, 0.1) is 0 Å². The van der Waals surface area contributed by atoms with Crippen molar-refractivity contribution in [2.75, 3.05) is 13.2 Å². The summed E-state index contributed by atoms with van der Waals surface area (Å²) in [5.41, 5.74) is 0.893. The van der Waals surface area contributed by atoms with Gasteiger partial charge < -0.3 is 4.74 Å². The number of benzene rings is 1. The van der Waals surface area contributed by atoms with Crippen LogP contribution in [0.25, 0.3) is 0 Å². The van der Waals surface area contributed by atoms with E-state index in [4.69, 9.17) is 16.3 Å². The van der Waals surface area contributed by atoms with Crippen molar-refractivity contribution in [2.45, 2.75) is 26.2 Å². The van der Waals surface area contributed by atoms with E-state index in [-0.39, 0.29) is 5.78 Å². The Morgan fingerprint density at radius 3 is 2.75 bits per heavy atom. The highest BCUT2D eigenvalue weighted by atomic mass is 35.5. The summed E-state index contributed by atoms with van der Waals surface area (Å²) in [7, 11) is 0. The van der Waals surface area contributed by atoms with Gasteiger partial charge in [-0.2, -0.15) is 0 Å². The third kappa shape index (κ3) is 4.77. The number of Topliss-reactive ketones (excluding diaryl/α,β-unsaturated/α-hetero) is 1. The minimum Gasteiger partial charge on any atom is -0.381 e. The van der Waals surface area contributed by atoms with Crippen molar-refractivity contribution in [1.82, 2.24) is 0 Å². The fraction of sp³-hybridized carbons (Fsp3) is 0.462. The lowest BCUT2D eigenvalue weighted by Gasteiger charge is -2.04. The molecule has 0 radical (unpaired) electrons.